The van der Waals surface area contributed by atoms with E-state index in [1.165, 1.54) is 17.6 Å². The standard InChI is InChI=1S/C15H24N2O/c1-3-7-16-10-14-6-9-18-15(14)12-17-8-4-5-13(2)11-17/h5-6,9,16H,3-4,7-8,10-12H2,1-2H3. The number of rotatable bonds is 6. The summed E-state index contributed by atoms with van der Waals surface area (Å²) in [5.41, 5.74) is 2.77. The molecule has 0 unspecified atom stereocenters. The van der Waals surface area contributed by atoms with Gasteiger partial charge in [0.25, 0.3) is 0 Å². The molecule has 3 heteroatoms. The first-order chi connectivity index (χ1) is 8.79. The van der Waals surface area contributed by atoms with Gasteiger partial charge in [-0.3, -0.25) is 4.90 Å². The molecule has 1 aromatic rings. The summed E-state index contributed by atoms with van der Waals surface area (Å²) in [4.78, 5) is 2.46. The van der Waals surface area contributed by atoms with E-state index in [9.17, 15) is 0 Å². The van der Waals surface area contributed by atoms with Crippen molar-refractivity contribution in [1.29, 1.82) is 0 Å². The topological polar surface area (TPSA) is 28.4 Å². The first-order valence-corrected chi connectivity index (χ1v) is 6.93. The summed E-state index contributed by atoms with van der Waals surface area (Å²) in [5.74, 6) is 1.12. The van der Waals surface area contributed by atoms with E-state index in [1.54, 1.807) is 0 Å². The maximum absolute atomic E-state index is 5.63. The Balaban J connectivity index is 1.89. The molecule has 0 amide bonds. The molecule has 1 N–H and O–H groups in total. The van der Waals surface area contributed by atoms with Crippen LogP contribution in [0.4, 0.5) is 0 Å². The van der Waals surface area contributed by atoms with Gasteiger partial charge in [0, 0.05) is 25.2 Å². The molecule has 1 aromatic heterocycles. The molecule has 0 bridgehead atoms. The van der Waals surface area contributed by atoms with Gasteiger partial charge in [0.2, 0.25) is 0 Å². The zero-order valence-electron chi connectivity index (χ0n) is 11.5. The quantitative estimate of drug-likeness (QED) is 0.620. The van der Waals surface area contributed by atoms with Crippen molar-refractivity contribution < 1.29 is 4.42 Å². The van der Waals surface area contributed by atoms with Gasteiger partial charge in [0.1, 0.15) is 5.76 Å². The molecule has 0 atom stereocenters. The van der Waals surface area contributed by atoms with Crippen LogP contribution < -0.4 is 5.32 Å². The van der Waals surface area contributed by atoms with E-state index in [1.807, 2.05) is 6.26 Å². The zero-order chi connectivity index (χ0) is 12.8. The average Bonchev–Trinajstić information content (AvgIpc) is 2.77. The minimum Gasteiger partial charge on any atom is -0.468 e. The second kappa shape index (κ2) is 6.76. The summed E-state index contributed by atoms with van der Waals surface area (Å²) < 4.78 is 5.63. The molecular weight excluding hydrogens is 224 g/mol. The van der Waals surface area contributed by atoms with Crippen molar-refractivity contribution in [1.82, 2.24) is 10.2 Å². The SMILES string of the molecule is CCCNCc1ccoc1CN1CCC=C(C)C1. The molecule has 1 aliphatic rings. The Hall–Kier alpha value is -1.06. The third-order valence-electron chi connectivity index (χ3n) is 3.36. The number of hydrogen-bond acceptors (Lipinski definition) is 3. The van der Waals surface area contributed by atoms with Crippen LogP contribution in [-0.2, 0) is 13.1 Å². The van der Waals surface area contributed by atoms with Gasteiger partial charge >= 0.3 is 0 Å². The molecule has 0 fully saturated rings. The van der Waals surface area contributed by atoms with Crippen LogP contribution in [0.5, 0.6) is 0 Å². The van der Waals surface area contributed by atoms with Gasteiger partial charge in [-0.25, -0.2) is 0 Å². The van der Waals surface area contributed by atoms with Gasteiger partial charge in [0.15, 0.2) is 0 Å². The molecule has 2 heterocycles. The Morgan fingerprint density at radius 1 is 1.44 bits per heavy atom. The molecule has 0 saturated carbocycles. The Bertz CT molecular complexity index is 395. The maximum Gasteiger partial charge on any atom is 0.122 e. The smallest absolute Gasteiger partial charge is 0.122 e. The second-order valence-corrected chi connectivity index (χ2v) is 5.10. The number of nitrogens with one attached hydrogen (secondary N) is 1. The van der Waals surface area contributed by atoms with Crippen molar-refractivity contribution in [2.45, 2.75) is 39.8 Å². The highest BCUT2D eigenvalue weighted by molar-refractivity contribution is 5.17. The van der Waals surface area contributed by atoms with Crippen LogP contribution in [0.2, 0.25) is 0 Å². The van der Waals surface area contributed by atoms with Crippen molar-refractivity contribution in [3.63, 3.8) is 0 Å². The van der Waals surface area contributed by atoms with Gasteiger partial charge in [-0.2, -0.15) is 0 Å². The predicted molar refractivity (Wildman–Crippen MR) is 74.4 cm³/mol. The van der Waals surface area contributed by atoms with Crippen LogP contribution in [-0.4, -0.2) is 24.5 Å². The minimum atomic E-state index is 0.919. The Labute approximate surface area is 110 Å². The van der Waals surface area contributed by atoms with E-state index in [0.717, 1.165) is 44.9 Å². The van der Waals surface area contributed by atoms with Crippen LogP contribution in [0.15, 0.2) is 28.4 Å². The summed E-state index contributed by atoms with van der Waals surface area (Å²) in [7, 11) is 0. The summed E-state index contributed by atoms with van der Waals surface area (Å²) in [6.45, 7) is 9.52. The Kier molecular flexibility index (Phi) is 5.02. The predicted octanol–water partition coefficient (Wildman–Crippen LogP) is 2.93. The molecule has 0 aromatic carbocycles. The lowest BCUT2D eigenvalue weighted by molar-refractivity contribution is 0.256. The maximum atomic E-state index is 5.63. The van der Waals surface area contributed by atoms with E-state index in [4.69, 9.17) is 4.42 Å². The Morgan fingerprint density at radius 2 is 2.33 bits per heavy atom. The largest absolute Gasteiger partial charge is 0.468 e. The van der Waals surface area contributed by atoms with Crippen LogP contribution in [0, 0.1) is 0 Å². The van der Waals surface area contributed by atoms with E-state index in [-0.39, 0.29) is 0 Å². The highest BCUT2D eigenvalue weighted by Gasteiger charge is 2.14. The second-order valence-electron chi connectivity index (χ2n) is 5.10. The molecule has 3 nitrogen and oxygen atoms in total. The van der Waals surface area contributed by atoms with Crippen LogP contribution >= 0.6 is 0 Å². The van der Waals surface area contributed by atoms with Crippen molar-refractivity contribution in [3.8, 4) is 0 Å². The zero-order valence-corrected chi connectivity index (χ0v) is 11.5. The van der Waals surface area contributed by atoms with Crippen molar-refractivity contribution in [2.75, 3.05) is 19.6 Å². The fourth-order valence-corrected chi connectivity index (χ4v) is 2.39. The highest BCUT2D eigenvalue weighted by atomic mass is 16.3. The van der Waals surface area contributed by atoms with E-state index in [0.29, 0.717) is 0 Å². The minimum absolute atomic E-state index is 0.919. The van der Waals surface area contributed by atoms with Crippen LogP contribution in [0.25, 0.3) is 0 Å². The van der Waals surface area contributed by atoms with Crippen LogP contribution in [0.3, 0.4) is 0 Å². The lowest BCUT2D eigenvalue weighted by atomic mass is 10.1. The van der Waals surface area contributed by atoms with Crippen molar-refractivity contribution in [2.24, 2.45) is 0 Å². The lowest BCUT2D eigenvalue weighted by Gasteiger charge is -2.25. The van der Waals surface area contributed by atoms with Crippen molar-refractivity contribution in [3.05, 3.63) is 35.3 Å². The summed E-state index contributed by atoms with van der Waals surface area (Å²) in [5, 5.41) is 3.43. The molecule has 1 aliphatic heterocycles. The molecule has 0 radical (unpaired) electrons. The van der Waals surface area contributed by atoms with Crippen LogP contribution in [0.1, 0.15) is 38.0 Å². The third kappa shape index (κ3) is 3.72. The van der Waals surface area contributed by atoms with Gasteiger partial charge in [-0.05, 0) is 32.4 Å². The fourth-order valence-electron chi connectivity index (χ4n) is 2.39. The summed E-state index contributed by atoms with van der Waals surface area (Å²) >= 11 is 0. The molecule has 0 spiro atoms. The molecule has 18 heavy (non-hydrogen) atoms. The molecule has 0 aliphatic carbocycles. The molecule has 100 valence electrons. The normalized spacial score (nSPS) is 16.9. The van der Waals surface area contributed by atoms with E-state index in [2.05, 4.69) is 36.2 Å². The monoisotopic (exact) mass is 248 g/mol. The van der Waals surface area contributed by atoms with Gasteiger partial charge in [-0.1, -0.05) is 18.6 Å². The molecule has 2 rings (SSSR count). The number of hydrogen-bond donors (Lipinski definition) is 1. The lowest BCUT2D eigenvalue weighted by Crippen LogP contribution is -2.29. The fraction of sp³-hybridized carbons (Fsp3) is 0.600. The van der Waals surface area contributed by atoms with E-state index < -0.39 is 0 Å². The highest BCUT2D eigenvalue weighted by Crippen LogP contribution is 2.17. The average molecular weight is 248 g/mol. The molecular formula is C15H24N2O. The number of furan rings is 1. The summed E-state index contributed by atoms with van der Waals surface area (Å²) in [6.07, 6.45) is 6.48. The third-order valence-corrected chi connectivity index (χ3v) is 3.36. The Morgan fingerprint density at radius 3 is 3.11 bits per heavy atom. The van der Waals surface area contributed by atoms with E-state index >= 15 is 0 Å². The van der Waals surface area contributed by atoms with Crippen molar-refractivity contribution >= 4 is 0 Å². The first-order valence-electron chi connectivity index (χ1n) is 6.93. The molecule has 0 saturated heterocycles. The van der Waals surface area contributed by atoms with Gasteiger partial charge < -0.3 is 9.73 Å². The number of nitrogens with zero attached hydrogens (tertiary/aromatic N) is 1. The van der Waals surface area contributed by atoms with Gasteiger partial charge in [-0.15, -0.1) is 0 Å². The summed E-state index contributed by atoms with van der Waals surface area (Å²) in [6, 6.07) is 2.09. The van der Waals surface area contributed by atoms with Gasteiger partial charge in [0.05, 0.1) is 12.8 Å². The first kappa shape index (κ1) is 13.4.